The molecule has 1 saturated carbocycles. The van der Waals surface area contributed by atoms with Gasteiger partial charge in [-0.05, 0) is 44.9 Å². The second-order valence-corrected chi connectivity index (χ2v) is 8.37. The first kappa shape index (κ1) is 17.6. The fraction of sp³-hybridized carbons (Fsp3) is 0.750. The molecule has 1 aromatic rings. The Balaban J connectivity index is 1.43. The molecule has 0 radical (unpaired) electrons. The van der Waals surface area contributed by atoms with Crippen molar-refractivity contribution in [2.24, 2.45) is 11.3 Å². The molecule has 2 aliphatic heterocycles. The van der Waals surface area contributed by atoms with Crippen molar-refractivity contribution in [3.05, 3.63) is 17.8 Å². The molecule has 1 aliphatic carbocycles. The van der Waals surface area contributed by atoms with Gasteiger partial charge in [-0.25, -0.2) is 4.98 Å². The van der Waals surface area contributed by atoms with Gasteiger partial charge in [0.25, 0.3) is 5.91 Å². The summed E-state index contributed by atoms with van der Waals surface area (Å²) in [6.45, 7) is 4.71. The highest BCUT2D eigenvalue weighted by molar-refractivity contribution is 5.94. The summed E-state index contributed by atoms with van der Waals surface area (Å²) in [5.74, 6) is 1.39. The van der Waals surface area contributed by atoms with E-state index in [0.717, 1.165) is 32.4 Å². The number of aryl methyl sites for hydroxylation is 1. The van der Waals surface area contributed by atoms with Crippen LogP contribution in [0.5, 0.6) is 0 Å². The van der Waals surface area contributed by atoms with Crippen LogP contribution in [0.15, 0.2) is 10.8 Å². The lowest BCUT2D eigenvalue weighted by Gasteiger charge is -2.41. The van der Waals surface area contributed by atoms with Gasteiger partial charge in [0.05, 0.1) is 5.41 Å². The normalized spacial score (nSPS) is 27.5. The van der Waals surface area contributed by atoms with Crippen LogP contribution in [-0.4, -0.2) is 52.8 Å². The highest BCUT2D eigenvalue weighted by Crippen LogP contribution is 2.41. The highest BCUT2D eigenvalue weighted by atomic mass is 16.3. The topological polar surface area (TPSA) is 66.7 Å². The van der Waals surface area contributed by atoms with Crippen molar-refractivity contribution in [3.8, 4) is 0 Å². The van der Waals surface area contributed by atoms with Gasteiger partial charge in [-0.1, -0.05) is 19.3 Å². The van der Waals surface area contributed by atoms with Crippen LogP contribution in [0, 0.1) is 18.3 Å². The second kappa shape index (κ2) is 7.05. The zero-order chi connectivity index (χ0) is 18.1. The molecular weight excluding hydrogens is 330 g/mol. The van der Waals surface area contributed by atoms with Crippen LogP contribution in [0.4, 0.5) is 0 Å². The van der Waals surface area contributed by atoms with Gasteiger partial charge in [0, 0.05) is 26.2 Å². The van der Waals surface area contributed by atoms with Crippen LogP contribution in [0.2, 0.25) is 0 Å². The number of hydrogen-bond acceptors (Lipinski definition) is 4. The quantitative estimate of drug-likeness (QED) is 0.832. The largest absolute Gasteiger partial charge is 0.448 e. The molecule has 142 valence electrons. The summed E-state index contributed by atoms with van der Waals surface area (Å²) in [6, 6.07) is 0. The molecule has 2 saturated heterocycles. The van der Waals surface area contributed by atoms with Crippen molar-refractivity contribution in [2.75, 3.05) is 26.2 Å². The maximum absolute atomic E-state index is 13.3. The molecule has 1 spiro atoms. The second-order valence-electron chi connectivity index (χ2n) is 8.37. The minimum Gasteiger partial charge on any atom is -0.448 e. The SMILES string of the molecule is Cc1ocnc1C(=O)N1CC[C@@]2(CCCN(CC3CCCCC3)C2=O)C1. The van der Waals surface area contributed by atoms with E-state index in [1.807, 2.05) is 0 Å². The first-order valence-electron chi connectivity index (χ1n) is 10.1. The molecule has 3 heterocycles. The zero-order valence-corrected chi connectivity index (χ0v) is 15.7. The Kier molecular flexibility index (Phi) is 4.76. The summed E-state index contributed by atoms with van der Waals surface area (Å²) in [5.41, 5.74) is 0.00426. The number of aromatic nitrogens is 1. The molecule has 0 unspecified atom stereocenters. The Morgan fingerprint density at radius 3 is 2.77 bits per heavy atom. The number of rotatable bonds is 3. The van der Waals surface area contributed by atoms with E-state index in [2.05, 4.69) is 9.88 Å². The van der Waals surface area contributed by atoms with Gasteiger partial charge < -0.3 is 14.2 Å². The van der Waals surface area contributed by atoms with Gasteiger partial charge >= 0.3 is 0 Å². The highest BCUT2D eigenvalue weighted by Gasteiger charge is 2.50. The summed E-state index contributed by atoms with van der Waals surface area (Å²) in [6.07, 6.45) is 10.5. The Morgan fingerprint density at radius 1 is 1.23 bits per heavy atom. The lowest BCUT2D eigenvalue weighted by atomic mass is 9.77. The van der Waals surface area contributed by atoms with Crippen LogP contribution in [0.25, 0.3) is 0 Å². The molecule has 3 fully saturated rings. The van der Waals surface area contributed by atoms with Crippen molar-refractivity contribution in [3.63, 3.8) is 0 Å². The molecule has 6 nitrogen and oxygen atoms in total. The van der Waals surface area contributed by atoms with Crippen LogP contribution in [-0.2, 0) is 4.79 Å². The summed E-state index contributed by atoms with van der Waals surface area (Å²) in [5, 5.41) is 0. The molecular formula is C20H29N3O3. The molecule has 2 amide bonds. The fourth-order valence-corrected chi connectivity index (χ4v) is 5.09. The standard InChI is InChI=1S/C20H29N3O3/c1-15-17(21-14-26-15)18(24)23-11-9-20(13-23)8-5-10-22(19(20)25)12-16-6-3-2-4-7-16/h14,16H,2-13H2,1H3/t20-/m0/s1. The maximum atomic E-state index is 13.3. The predicted molar refractivity (Wildman–Crippen MR) is 96.6 cm³/mol. The third-order valence-corrected chi connectivity index (χ3v) is 6.62. The number of nitrogens with zero attached hydrogens (tertiary/aromatic N) is 3. The number of carbonyl (C=O) groups is 2. The van der Waals surface area contributed by atoms with E-state index in [1.54, 1.807) is 11.8 Å². The third kappa shape index (κ3) is 3.14. The van der Waals surface area contributed by atoms with E-state index >= 15 is 0 Å². The Labute approximate surface area is 154 Å². The van der Waals surface area contributed by atoms with Crippen molar-refractivity contribution >= 4 is 11.8 Å². The maximum Gasteiger partial charge on any atom is 0.276 e. The summed E-state index contributed by atoms with van der Waals surface area (Å²) < 4.78 is 5.17. The van der Waals surface area contributed by atoms with Gasteiger partial charge in [0.1, 0.15) is 5.76 Å². The Hall–Kier alpha value is -1.85. The number of carbonyl (C=O) groups excluding carboxylic acids is 2. The molecule has 3 aliphatic rings. The Bertz CT molecular complexity index is 680. The van der Waals surface area contributed by atoms with Crippen LogP contribution >= 0.6 is 0 Å². The Morgan fingerprint density at radius 2 is 2.04 bits per heavy atom. The summed E-state index contributed by atoms with van der Waals surface area (Å²) in [4.78, 5) is 34.0. The van der Waals surface area contributed by atoms with Gasteiger partial charge in [-0.15, -0.1) is 0 Å². The first-order chi connectivity index (χ1) is 12.6. The molecule has 1 aromatic heterocycles. The number of piperidine rings is 1. The summed E-state index contributed by atoms with van der Waals surface area (Å²) in [7, 11) is 0. The zero-order valence-electron chi connectivity index (χ0n) is 15.7. The summed E-state index contributed by atoms with van der Waals surface area (Å²) >= 11 is 0. The molecule has 0 bridgehead atoms. The molecule has 6 heteroatoms. The van der Waals surface area contributed by atoms with E-state index in [9.17, 15) is 9.59 Å². The van der Waals surface area contributed by atoms with Gasteiger partial charge in [0.15, 0.2) is 12.1 Å². The lowest BCUT2D eigenvalue weighted by molar-refractivity contribution is -0.146. The number of likely N-dealkylation sites (tertiary alicyclic amines) is 2. The minimum atomic E-state index is -0.375. The van der Waals surface area contributed by atoms with Gasteiger partial charge in [-0.2, -0.15) is 0 Å². The van der Waals surface area contributed by atoms with E-state index in [1.165, 1.54) is 38.5 Å². The predicted octanol–water partition coefficient (Wildman–Crippen LogP) is 3.02. The van der Waals surface area contributed by atoms with Crippen LogP contribution in [0.1, 0.15) is 67.6 Å². The monoisotopic (exact) mass is 359 g/mol. The van der Waals surface area contributed by atoms with E-state index < -0.39 is 0 Å². The average Bonchev–Trinajstić information content (AvgIpc) is 3.27. The first-order valence-corrected chi connectivity index (χ1v) is 10.1. The van der Waals surface area contributed by atoms with Crippen LogP contribution in [0.3, 0.4) is 0 Å². The third-order valence-electron chi connectivity index (χ3n) is 6.62. The molecule has 0 N–H and O–H groups in total. The van der Waals surface area contributed by atoms with Crippen molar-refractivity contribution < 1.29 is 14.0 Å². The molecule has 1 atom stereocenters. The van der Waals surface area contributed by atoms with E-state index in [-0.39, 0.29) is 17.2 Å². The van der Waals surface area contributed by atoms with E-state index in [4.69, 9.17) is 4.42 Å². The van der Waals surface area contributed by atoms with Gasteiger partial charge in [-0.3, -0.25) is 9.59 Å². The van der Waals surface area contributed by atoms with Crippen molar-refractivity contribution in [1.29, 1.82) is 0 Å². The molecule has 4 rings (SSSR count). The smallest absolute Gasteiger partial charge is 0.276 e. The average molecular weight is 359 g/mol. The van der Waals surface area contributed by atoms with Gasteiger partial charge in [0.2, 0.25) is 5.91 Å². The minimum absolute atomic E-state index is 0.106. The number of amides is 2. The van der Waals surface area contributed by atoms with Crippen molar-refractivity contribution in [2.45, 2.75) is 58.3 Å². The fourth-order valence-electron chi connectivity index (χ4n) is 5.09. The lowest BCUT2D eigenvalue weighted by Crippen LogP contribution is -2.51. The van der Waals surface area contributed by atoms with Crippen molar-refractivity contribution in [1.82, 2.24) is 14.8 Å². The number of hydrogen-bond donors (Lipinski definition) is 0. The molecule has 26 heavy (non-hydrogen) atoms. The molecule has 0 aromatic carbocycles. The van der Waals surface area contributed by atoms with E-state index in [0.29, 0.717) is 30.5 Å². The van der Waals surface area contributed by atoms with Crippen LogP contribution < -0.4 is 0 Å². The number of oxazole rings is 1.